The van der Waals surface area contributed by atoms with E-state index >= 15 is 0 Å². The van der Waals surface area contributed by atoms with Gasteiger partial charge in [0.15, 0.2) is 5.65 Å². The Hall–Kier alpha value is -1.39. The molecule has 0 unspecified atom stereocenters. The van der Waals surface area contributed by atoms with E-state index in [2.05, 4.69) is 38.0 Å². The van der Waals surface area contributed by atoms with Crippen molar-refractivity contribution in [1.29, 1.82) is 0 Å². The third-order valence-electron chi connectivity index (χ3n) is 2.69. The van der Waals surface area contributed by atoms with Gasteiger partial charge in [0.05, 0.1) is 11.2 Å². The minimum absolute atomic E-state index is 0.620. The van der Waals surface area contributed by atoms with Gasteiger partial charge in [-0.3, -0.25) is 0 Å². The second kappa shape index (κ2) is 4.71. The van der Waals surface area contributed by atoms with Gasteiger partial charge in [0.25, 0.3) is 0 Å². The number of aromatic nitrogens is 3. The highest BCUT2D eigenvalue weighted by molar-refractivity contribution is 9.10. The molecule has 3 rings (SSSR count). The van der Waals surface area contributed by atoms with E-state index in [1.54, 1.807) is 6.20 Å². The smallest absolute Gasteiger partial charge is 0.160 e. The van der Waals surface area contributed by atoms with Crippen LogP contribution in [0, 0.1) is 0 Å². The van der Waals surface area contributed by atoms with Crippen molar-refractivity contribution in [3.8, 4) is 0 Å². The van der Waals surface area contributed by atoms with E-state index in [1.165, 1.54) is 5.56 Å². The first kappa shape index (κ1) is 11.7. The van der Waals surface area contributed by atoms with Gasteiger partial charge in [-0.05, 0) is 21.5 Å². The van der Waals surface area contributed by atoms with E-state index in [-0.39, 0.29) is 0 Å². The highest BCUT2D eigenvalue weighted by Gasteiger charge is 2.10. The van der Waals surface area contributed by atoms with Crippen LogP contribution in [-0.4, -0.2) is 14.5 Å². The van der Waals surface area contributed by atoms with E-state index < -0.39 is 0 Å². The van der Waals surface area contributed by atoms with Gasteiger partial charge in [0.2, 0.25) is 0 Å². The summed E-state index contributed by atoms with van der Waals surface area (Å²) in [5.74, 6) is 0. The quantitative estimate of drug-likeness (QED) is 0.716. The summed E-state index contributed by atoms with van der Waals surface area (Å²) in [5.41, 5.74) is 2.73. The van der Waals surface area contributed by atoms with Crippen LogP contribution >= 0.6 is 27.5 Å². The number of nitrogens with zero attached hydrogens (tertiary/aromatic N) is 3. The molecule has 0 atom stereocenters. The lowest BCUT2D eigenvalue weighted by Crippen LogP contribution is -1.99. The molecule has 0 aliphatic heterocycles. The Morgan fingerprint density at radius 1 is 1.22 bits per heavy atom. The molecular formula is C13H9BrClN3. The summed E-state index contributed by atoms with van der Waals surface area (Å²) in [5, 5.41) is 0.620. The number of fused-ring (bicyclic) bond motifs is 1. The normalized spacial score (nSPS) is 11.0. The number of benzene rings is 1. The topological polar surface area (TPSA) is 30.7 Å². The van der Waals surface area contributed by atoms with E-state index in [0.717, 1.165) is 17.7 Å². The van der Waals surface area contributed by atoms with Gasteiger partial charge < -0.3 is 4.57 Å². The Morgan fingerprint density at radius 2 is 2.00 bits per heavy atom. The third-order valence-corrected chi connectivity index (χ3v) is 3.35. The van der Waals surface area contributed by atoms with E-state index in [4.69, 9.17) is 11.6 Å². The summed E-state index contributed by atoms with van der Waals surface area (Å²) >= 11 is 9.47. The van der Waals surface area contributed by atoms with Crippen molar-refractivity contribution in [2.75, 3.05) is 0 Å². The Balaban J connectivity index is 2.08. The lowest BCUT2D eigenvalue weighted by atomic mass is 10.2. The third kappa shape index (κ3) is 2.13. The van der Waals surface area contributed by atoms with E-state index in [9.17, 15) is 0 Å². The standard InChI is InChI=1S/C13H9BrClN3/c14-11-6-16-13-12(17-11)10(15)8-18(13)7-9-4-2-1-3-5-9/h1-6,8H,7H2. The molecule has 18 heavy (non-hydrogen) atoms. The zero-order valence-electron chi connectivity index (χ0n) is 9.35. The van der Waals surface area contributed by atoms with Crippen molar-refractivity contribution in [1.82, 2.24) is 14.5 Å². The van der Waals surface area contributed by atoms with Crippen LogP contribution in [0.5, 0.6) is 0 Å². The molecule has 2 aromatic heterocycles. The number of halogens is 2. The molecular weight excluding hydrogens is 314 g/mol. The maximum atomic E-state index is 6.17. The first-order valence-electron chi connectivity index (χ1n) is 5.45. The number of hydrogen-bond acceptors (Lipinski definition) is 2. The zero-order chi connectivity index (χ0) is 12.5. The minimum atomic E-state index is 0.620. The van der Waals surface area contributed by atoms with Gasteiger partial charge in [-0.15, -0.1) is 0 Å². The monoisotopic (exact) mass is 321 g/mol. The second-order valence-electron chi connectivity index (χ2n) is 3.96. The molecule has 3 aromatic rings. The Labute approximate surface area is 118 Å². The fourth-order valence-electron chi connectivity index (χ4n) is 1.89. The molecule has 0 N–H and O–H groups in total. The molecule has 0 radical (unpaired) electrons. The predicted octanol–water partition coefficient (Wildman–Crippen LogP) is 3.90. The van der Waals surface area contributed by atoms with Crippen LogP contribution < -0.4 is 0 Å². The maximum absolute atomic E-state index is 6.17. The molecule has 0 bridgehead atoms. The summed E-state index contributed by atoms with van der Waals surface area (Å²) in [6.07, 6.45) is 3.55. The first-order valence-corrected chi connectivity index (χ1v) is 6.62. The predicted molar refractivity (Wildman–Crippen MR) is 75.8 cm³/mol. The van der Waals surface area contributed by atoms with Crippen molar-refractivity contribution < 1.29 is 0 Å². The molecule has 0 amide bonds. The van der Waals surface area contributed by atoms with Crippen LogP contribution in [0.1, 0.15) is 5.56 Å². The molecule has 3 nitrogen and oxygen atoms in total. The highest BCUT2D eigenvalue weighted by Crippen LogP contribution is 2.24. The molecule has 2 heterocycles. The fourth-order valence-corrected chi connectivity index (χ4v) is 2.42. The average molecular weight is 323 g/mol. The molecule has 0 saturated carbocycles. The molecule has 0 spiro atoms. The SMILES string of the molecule is Clc1cn(Cc2ccccc2)c2ncc(Br)nc12. The number of rotatable bonds is 2. The summed E-state index contributed by atoms with van der Waals surface area (Å²) in [6.45, 7) is 0.736. The second-order valence-corrected chi connectivity index (χ2v) is 5.18. The van der Waals surface area contributed by atoms with Crippen molar-refractivity contribution >= 4 is 38.7 Å². The Kier molecular flexibility index (Phi) is 3.06. The van der Waals surface area contributed by atoms with Crippen molar-refractivity contribution in [2.45, 2.75) is 6.54 Å². The van der Waals surface area contributed by atoms with Crippen LogP contribution in [-0.2, 0) is 6.54 Å². The van der Waals surface area contributed by atoms with Crippen LogP contribution in [0.3, 0.4) is 0 Å². The van der Waals surface area contributed by atoms with Crippen LogP contribution in [0.15, 0.2) is 47.3 Å². The van der Waals surface area contributed by atoms with Crippen molar-refractivity contribution in [3.63, 3.8) is 0 Å². The summed E-state index contributed by atoms with van der Waals surface area (Å²) in [4.78, 5) is 8.71. The van der Waals surface area contributed by atoms with Crippen molar-refractivity contribution in [3.05, 3.63) is 57.9 Å². The molecule has 0 saturated heterocycles. The van der Waals surface area contributed by atoms with Gasteiger partial charge in [0.1, 0.15) is 10.1 Å². The van der Waals surface area contributed by atoms with Gasteiger partial charge in [-0.1, -0.05) is 41.9 Å². The lowest BCUT2D eigenvalue weighted by molar-refractivity contribution is 0.824. The van der Waals surface area contributed by atoms with Gasteiger partial charge >= 0.3 is 0 Å². The van der Waals surface area contributed by atoms with Gasteiger partial charge in [0, 0.05) is 12.7 Å². The van der Waals surface area contributed by atoms with Crippen molar-refractivity contribution in [2.24, 2.45) is 0 Å². The van der Waals surface area contributed by atoms with Gasteiger partial charge in [-0.2, -0.15) is 0 Å². The van der Waals surface area contributed by atoms with Crippen LogP contribution in [0.4, 0.5) is 0 Å². The highest BCUT2D eigenvalue weighted by atomic mass is 79.9. The van der Waals surface area contributed by atoms with Crippen LogP contribution in [0.2, 0.25) is 5.02 Å². The molecule has 0 aliphatic rings. The molecule has 0 fully saturated rings. The zero-order valence-corrected chi connectivity index (χ0v) is 11.7. The molecule has 0 aliphatic carbocycles. The van der Waals surface area contributed by atoms with E-state index in [1.807, 2.05) is 29.0 Å². The van der Waals surface area contributed by atoms with Crippen LogP contribution in [0.25, 0.3) is 11.2 Å². The largest absolute Gasteiger partial charge is 0.325 e. The average Bonchev–Trinajstić information content (AvgIpc) is 2.67. The Morgan fingerprint density at radius 3 is 2.78 bits per heavy atom. The fraction of sp³-hybridized carbons (Fsp3) is 0.0769. The Bertz CT molecular complexity index is 694. The van der Waals surface area contributed by atoms with Gasteiger partial charge in [-0.25, -0.2) is 9.97 Å². The summed E-state index contributed by atoms with van der Waals surface area (Å²) < 4.78 is 2.70. The molecule has 5 heteroatoms. The minimum Gasteiger partial charge on any atom is -0.325 e. The molecule has 90 valence electrons. The number of hydrogen-bond donors (Lipinski definition) is 0. The lowest BCUT2D eigenvalue weighted by Gasteiger charge is -2.04. The van der Waals surface area contributed by atoms with E-state index in [0.29, 0.717) is 9.63 Å². The maximum Gasteiger partial charge on any atom is 0.160 e. The summed E-state index contributed by atoms with van der Waals surface area (Å²) in [7, 11) is 0. The molecule has 1 aromatic carbocycles. The summed E-state index contributed by atoms with van der Waals surface area (Å²) in [6, 6.07) is 10.2. The first-order chi connectivity index (χ1) is 8.74.